The summed E-state index contributed by atoms with van der Waals surface area (Å²) in [6.45, 7) is 6.14. The lowest BCUT2D eigenvalue weighted by molar-refractivity contribution is 0.0430. The van der Waals surface area contributed by atoms with E-state index in [0.717, 1.165) is 0 Å². The van der Waals surface area contributed by atoms with Gasteiger partial charge in [-0.3, -0.25) is 0 Å². The molecule has 0 amide bonds. The average Bonchev–Trinajstić information content (AvgIpc) is 2.42. The Bertz CT molecular complexity index is 489. The van der Waals surface area contributed by atoms with Crippen molar-refractivity contribution < 1.29 is 31.1 Å². The molecule has 22 heavy (non-hydrogen) atoms. The summed E-state index contributed by atoms with van der Waals surface area (Å²) < 4.78 is 56.5. The van der Waals surface area contributed by atoms with E-state index in [0.29, 0.717) is 25.7 Å². The zero-order valence-corrected chi connectivity index (χ0v) is 15.2. The van der Waals surface area contributed by atoms with Crippen LogP contribution in [-0.4, -0.2) is 45.4 Å². The Morgan fingerprint density at radius 3 is 1.41 bits per heavy atom. The molecule has 0 aromatic rings. The monoisotopic (exact) mass is 358 g/mol. The van der Waals surface area contributed by atoms with Gasteiger partial charge in [0.1, 0.15) is 0 Å². The first-order chi connectivity index (χ1) is 10.1. The molecule has 0 aliphatic rings. The van der Waals surface area contributed by atoms with Gasteiger partial charge in [-0.05, 0) is 26.7 Å². The quantitative estimate of drug-likeness (QED) is 0.552. The molecule has 0 rings (SSSR count). The molecule has 0 aliphatic carbocycles. The highest BCUT2D eigenvalue weighted by Crippen LogP contribution is 2.12. The molecular formula is C13H26O7S2. The van der Waals surface area contributed by atoms with Gasteiger partial charge in [-0.15, -0.1) is 0 Å². The van der Waals surface area contributed by atoms with E-state index in [2.05, 4.69) is 9.47 Å². The minimum atomic E-state index is -3.58. The van der Waals surface area contributed by atoms with E-state index in [1.165, 1.54) is 13.8 Å². The summed E-state index contributed by atoms with van der Waals surface area (Å²) >= 11 is 0. The average molecular weight is 358 g/mol. The fraction of sp³-hybridized carbons (Fsp3) is 0.923. The van der Waals surface area contributed by atoms with Crippen LogP contribution >= 0.6 is 0 Å². The molecule has 7 nitrogen and oxygen atoms in total. The molecule has 0 spiro atoms. The van der Waals surface area contributed by atoms with Gasteiger partial charge in [0.25, 0.3) is 0 Å². The van der Waals surface area contributed by atoms with E-state index in [9.17, 15) is 21.6 Å². The van der Waals surface area contributed by atoms with Crippen molar-refractivity contribution in [1.82, 2.24) is 0 Å². The van der Waals surface area contributed by atoms with Gasteiger partial charge in [0.15, 0.2) is 19.7 Å². The molecule has 2 atom stereocenters. The SMILES string of the molecule is CCCCS(=O)(=O)C(C)OC(=O)OC(C)S(=O)(=O)CCCC. The van der Waals surface area contributed by atoms with Gasteiger partial charge in [-0.2, -0.15) is 0 Å². The maximum Gasteiger partial charge on any atom is 0.510 e. The van der Waals surface area contributed by atoms with Crippen LogP contribution in [0.5, 0.6) is 0 Å². The Morgan fingerprint density at radius 1 is 0.818 bits per heavy atom. The van der Waals surface area contributed by atoms with E-state index in [1.807, 2.05) is 13.8 Å². The summed E-state index contributed by atoms with van der Waals surface area (Å²) in [5.41, 5.74) is -2.73. The van der Waals surface area contributed by atoms with E-state index >= 15 is 0 Å². The third kappa shape index (κ3) is 7.44. The molecule has 0 aromatic carbocycles. The highest BCUT2D eigenvalue weighted by molar-refractivity contribution is 7.92. The predicted molar refractivity (Wildman–Crippen MR) is 83.9 cm³/mol. The van der Waals surface area contributed by atoms with Crippen molar-refractivity contribution in [2.45, 2.75) is 64.3 Å². The molecule has 132 valence electrons. The minimum Gasteiger partial charge on any atom is -0.415 e. The van der Waals surface area contributed by atoms with Crippen LogP contribution in [0.3, 0.4) is 0 Å². The number of carbonyl (C=O) groups is 1. The number of hydrogen-bond donors (Lipinski definition) is 0. The van der Waals surface area contributed by atoms with E-state index < -0.39 is 36.7 Å². The van der Waals surface area contributed by atoms with Crippen molar-refractivity contribution in [2.24, 2.45) is 0 Å². The molecule has 0 aliphatic heterocycles. The summed E-state index contributed by atoms with van der Waals surface area (Å²) in [6.07, 6.45) is 1.03. The van der Waals surface area contributed by atoms with E-state index in [4.69, 9.17) is 0 Å². The summed E-state index contributed by atoms with van der Waals surface area (Å²) in [5.74, 6) is -0.190. The van der Waals surface area contributed by atoms with Crippen molar-refractivity contribution in [3.63, 3.8) is 0 Å². The van der Waals surface area contributed by atoms with Crippen LogP contribution in [0.15, 0.2) is 0 Å². The first-order valence-corrected chi connectivity index (χ1v) is 10.8. The van der Waals surface area contributed by atoms with Gasteiger partial charge in [-0.1, -0.05) is 26.7 Å². The van der Waals surface area contributed by atoms with Gasteiger partial charge in [-0.25, -0.2) is 21.6 Å². The van der Waals surface area contributed by atoms with Crippen LogP contribution in [0.2, 0.25) is 0 Å². The Labute approximate surface area is 133 Å². The number of sulfone groups is 2. The molecule has 0 radical (unpaired) electrons. The zero-order chi connectivity index (χ0) is 17.4. The first-order valence-electron chi connectivity index (χ1n) is 7.37. The second kappa shape index (κ2) is 9.34. The van der Waals surface area contributed by atoms with Crippen molar-refractivity contribution in [2.75, 3.05) is 11.5 Å². The highest BCUT2D eigenvalue weighted by Gasteiger charge is 2.29. The van der Waals surface area contributed by atoms with Gasteiger partial charge < -0.3 is 9.47 Å². The predicted octanol–water partition coefficient (Wildman–Crippen LogP) is 2.26. The normalized spacial score (nSPS) is 15.1. The second-order valence-electron chi connectivity index (χ2n) is 5.06. The van der Waals surface area contributed by atoms with Crippen LogP contribution in [0.4, 0.5) is 4.79 Å². The second-order valence-corrected chi connectivity index (χ2v) is 9.86. The molecule has 0 aromatic heterocycles. The van der Waals surface area contributed by atoms with Crippen LogP contribution in [0, 0.1) is 0 Å². The molecule has 0 saturated carbocycles. The summed E-state index contributed by atoms with van der Waals surface area (Å²) in [6, 6.07) is 0. The first kappa shape index (κ1) is 21.2. The molecule has 0 heterocycles. The number of ether oxygens (including phenoxy) is 2. The van der Waals surface area contributed by atoms with E-state index in [1.54, 1.807) is 0 Å². The maximum atomic E-state index is 11.8. The van der Waals surface area contributed by atoms with Crippen LogP contribution in [-0.2, 0) is 29.1 Å². The topological polar surface area (TPSA) is 104 Å². The molecule has 0 saturated heterocycles. The third-order valence-corrected chi connectivity index (χ3v) is 7.03. The zero-order valence-electron chi connectivity index (χ0n) is 13.6. The Kier molecular flexibility index (Phi) is 8.99. The Morgan fingerprint density at radius 2 is 1.14 bits per heavy atom. The third-order valence-electron chi connectivity index (χ3n) is 3.10. The summed E-state index contributed by atoms with van der Waals surface area (Å²) in [7, 11) is -7.15. The maximum absolute atomic E-state index is 11.8. The Balaban J connectivity index is 4.56. The fourth-order valence-electron chi connectivity index (χ4n) is 1.47. The number of unbranched alkanes of at least 4 members (excludes halogenated alkanes) is 2. The van der Waals surface area contributed by atoms with Crippen molar-refractivity contribution >= 4 is 25.8 Å². The fourth-order valence-corrected chi connectivity index (χ4v) is 3.96. The molecule has 0 fully saturated rings. The lowest BCUT2D eigenvalue weighted by atomic mass is 10.4. The number of rotatable bonds is 10. The molecular weight excluding hydrogens is 332 g/mol. The van der Waals surface area contributed by atoms with Gasteiger partial charge >= 0.3 is 6.16 Å². The molecule has 9 heteroatoms. The highest BCUT2D eigenvalue weighted by atomic mass is 32.2. The van der Waals surface area contributed by atoms with E-state index in [-0.39, 0.29) is 11.5 Å². The summed E-state index contributed by atoms with van der Waals surface area (Å²) in [5, 5.41) is 0. The smallest absolute Gasteiger partial charge is 0.415 e. The van der Waals surface area contributed by atoms with Crippen LogP contribution in [0.25, 0.3) is 0 Å². The van der Waals surface area contributed by atoms with Crippen molar-refractivity contribution in [1.29, 1.82) is 0 Å². The van der Waals surface area contributed by atoms with Gasteiger partial charge in [0, 0.05) is 0 Å². The minimum absolute atomic E-state index is 0.0949. The van der Waals surface area contributed by atoms with Crippen molar-refractivity contribution in [3.05, 3.63) is 0 Å². The molecule has 2 unspecified atom stereocenters. The van der Waals surface area contributed by atoms with Gasteiger partial charge in [0.05, 0.1) is 11.5 Å². The van der Waals surface area contributed by atoms with Gasteiger partial charge in [0.2, 0.25) is 10.9 Å². The number of hydrogen-bond acceptors (Lipinski definition) is 7. The Hall–Kier alpha value is -0.830. The van der Waals surface area contributed by atoms with Crippen LogP contribution < -0.4 is 0 Å². The lowest BCUT2D eigenvalue weighted by Gasteiger charge is -2.17. The van der Waals surface area contributed by atoms with Crippen LogP contribution in [0.1, 0.15) is 53.4 Å². The number of carbonyl (C=O) groups excluding carboxylic acids is 1. The van der Waals surface area contributed by atoms with Crippen molar-refractivity contribution in [3.8, 4) is 0 Å². The summed E-state index contributed by atoms with van der Waals surface area (Å²) in [4.78, 5) is 11.5. The standard InChI is InChI=1S/C13H26O7S2/c1-5-7-9-21(15,16)11(3)19-13(14)20-12(4)22(17,18)10-8-6-2/h11-12H,5-10H2,1-4H3. The molecule has 0 N–H and O–H groups in total. The largest absolute Gasteiger partial charge is 0.510 e. The lowest BCUT2D eigenvalue weighted by Crippen LogP contribution is -2.31. The molecule has 0 bridgehead atoms.